The van der Waals surface area contributed by atoms with E-state index in [0.29, 0.717) is 6.61 Å². The highest BCUT2D eigenvalue weighted by Gasteiger charge is 2.32. The second-order valence-corrected chi connectivity index (χ2v) is 8.02. The van der Waals surface area contributed by atoms with Crippen LogP contribution in [-0.4, -0.2) is 63.4 Å². The summed E-state index contributed by atoms with van der Waals surface area (Å²) in [6, 6.07) is 8.50. The molecular formula is C24H36Cl2N4O3. The SMILES string of the molecule is CCNc1cccnc1C(CC1OCCc2cc(OC)c(OC)cc21)N1CCNCC1.Cl.Cl. The molecule has 1 fully saturated rings. The summed E-state index contributed by atoms with van der Waals surface area (Å²) < 4.78 is 17.4. The molecule has 0 radical (unpaired) electrons. The molecule has 0 aliphatic carbocycles. The monoisotopic (exact) mass is 498 g/mol. The van der Waals surface area contributed by atoms with Crippen LogP contribution in [0.1, 0.15) is 42.3 Å². The van der Waals surface area contributed by atoms with Gasteiger partial charge >= 0.3 is 0 Å². The average Bonchev–Trinajstić information content (AvgIpc) is 2.83. The zero-order chi connectivity index (χ0) is 21.6. The first-order valence-electron chi connectivity index (χ1n) is 11.2. The van der Waals surface area contributed by atoms with Gasteiger partial charge in [0.2, 0.25) is 0 Å². The Hall–Kier alpha value is -1.77. The molecule has 2 aliphatic rings. The van der Waals surface area contributed by atoms with Gasteiger partial charge in [0.15, 0.2) is 11.5 Å². The molecule has 1 saturated heterocycles. The number of methoxy groups -OCH3 is 2. The summed E-state index contributed by atoms with van der Waals surface area (Å²) in [6.45, 7) is 7.68. The Balaban J connectivity index is 0.00000193. The number of halogens is 2. The van der Waals surface area contributed by atoms with Crippen molar-refractivity contribution >= 4 is 30.5 Å². The molecule has 1 aromatic heterocycles. The Morgan fingerprint density at radius 3 is 2.61 bits per heavy atom. The van der Waals surface area contributed by atoms with E-state index in [1.54, 1.807) is 14.2 Å². The molecule has 0 bridgehead atoms. The number of fused-ring (bicyclic) bond motifs is 1. The third-order valence-electron chi connectivity index (χ3n) is 6.23. The minimum Gasteiger partial charge on any atom is -0.493 e. The van der Waals surface area contributed by atoms with Gasteiger partial charge in [-0.25, -0.2) is 0 Å². The number of pyridine rings is 1. The molecule has 3 heterocycles. The Kier molecular flexibility index (Phi) is 11.0. The van der Waals surface area contributed by atoms with E-state index >= 15 is 0 Å². The predicted octanol–water partition coefficient (Wildman–Crippen LogP) is 4.02. The summed E-state index contributed by atoms with van der Waals surface area (Å²) in [4.78, 5) is 7.37. The molecule has 4 rings (SSSR count). The molecule has 2 N–H and O–H groups in total. The van der Waals surface area contributed by atoms with Gasteiger partial charge in [-0.15, -0.1) is 24.8 Å². The van der Waals surface area contributed by atoms with Crippen molar-refractivity contribution in [2.45, 2.75) is 31.9 Å². The van der Waals surface area contributed by atoms with Crippen LogP contribution in [0.3, 0.4) is 0 Å². The number of piperazine rings is 1. The van der Waals surface area contributed by atoms with E-state index in [-0.39, 0.29) is 37.0 Å². The summed E-state index contributed by atoms with van der Waals surface area (Å²) >= 11 is 0. The lowest BCUT2D eigenvalue weighted by atomic mass is 9.90. The molecule has 9 heteroatoms. The molecule has 7 nitrogen and oxygen atoms in total. The van der Waals surface area contributed by atoms with Crippen LogP contribution in [-0.2, 0) is 11.2 Å². The quantitative estimate of drug-likeness (QED) is 0.569. The van der Waals surface area contributed by atoms with Crippen LogP contribution in [0.2, 0.25) is 0 Å². The van der Waals surface area contributed by atoms with Crippen molar-refractivity contribution in [1.29, 1.82) is 0 Å². The van der Waals surface area contributed by atoms with Crippen LogP contribution in [0.15, 0.2) is 30.5 Å². The van der Waals surface area contributed by atoms with Gasteiger partial charge in [0, 0.05) is 38.9 Å². The number of rotatable bonds is 8. The Morgan fingerprint density at radius 1 is 1.18 bits per heavy atom. The number of aromatic nitrogens is 1. The number of nitrogens with one attached hydrogen (secondary N) is 2. The van der Waals surface area contributed by atoms with Crippen molar-refractivity contribution in [1.82, 2.24) is 15.2 Å². The third kappa shape index (κ3) is 6.22. The van der Waals surface area contributed by atoms with Crippen molar-refractivity contribution in [2.75, 3.05) is 58.9 Å². The van der Waals surface area contributed by atoms with Gasteiger partial charge < -0.3 is 24.8 Å². The second-order valence-electron chi connectivity index (χ2n) is 8.02. The minimum atomic E-state index is -0.0140. The first kappa shape index (κ1) is 27.5. The maximum atomic E-state index is 6.33. The van der Waals surface area contributed by atoms with E-state index in [9.17, 15) is 0 Å². The van der Waals surface area contributed by atoms with Crippen LogP contribution in [0, 0.1) is 0 Å². The van der Waals surface area contributed by atoms with Gasteiger partial charge in [-0.3, -0.25) is 9.88 Å². The van der Waals surface area contributed by atoms with Gasteiger partial charge in [0.25, 0.3) is 0 Å². The standard InChI is InChI=1S/C24H34N4O3.2ClH/c1-4-26-19-6-5-8-27-24(19)20(28-11-9-25-10-12-28)16-21-18-15-23(30-3)22(29-2)14-17(18)7-13-31-21;;/h5-6,8,14-15,20-21,25-26H,4,7,9-13,16H2,1-3H3;2*1H. The topological polar surface area (TPSA) is 67.9 Å². The molecule has 0 saturated carbocycles. The summed E-state index contributed by atoms with van der Waals surface area (Å²) in [5.74, 6) is 1.53. The van der Waals surface area contributed by atoms with Crippen LogP contribution < -0.4 is 20.1 Å². The average molecular weight is 499 g/mol. The second kappa shape index (κ2) is 13.2. The van der Waals surface area contributed by atoms with Crippen molar-refractivity contribution in [3.05, 3.63) is 47.3 Å². The summed E-state index contributed by atoms with van der Waals surface area (Å²) in [7, 11) is 3.37. The lowest BCUT2D eigenvalue weighted by Crippen LogP contribution is -2.46. The molecule has 2 aliphatic heterocycles. The zero-order valence-electron chi connectivity index (χ0n) is 19.6. The van der Waals surface area contributed by atoms with E-state index in [2.05, 4.69) is 40.7 Å². The number of nitrogens with zero attached hydrogens (tertiary/aromatic N) is 2. The van der Waals surface area contributed by atoms with Crippen molar-refractivity contribution in [3.63, 3.8) is 0 Å². The molecular weight excluding hydrogens is 463 g/mol. The zero-order valence-corrected chi connectivity index (χ0v) is 21.3. The lowest BCUT2D eigenvalue weighted by molar-refractivity contribution is 0.0111. The van der Waals surface area contributed by atoms with Gasteiger partial charge in [-0.05, 0) is 55.2 Å². The molecule has 0 amide bonds. The molecule has 2 atom stereocenters. The maximum absolute atomic E-state index is 6.33. The Morgan fingerprint density at radius 2 is 1.91 bits per heavy atom. The van der Waals surface area contributed by atoms with Crippen LogP contribution in [0.5, 0.6) is 11.5 Å². The maximum Gasteiger partial charge on any atom is 0.161 e. The minimum absolute atomic E-state index is 0. The third-order valence-corrected chi connectivity index (χ3v) is 6.23. The van der Waals surface area contributed by atoms with Crippen LogP contribution >= 0.6 is 24.8 Å². The normalized spacial score (nSPS) is 18.8. The Labute approximate surface area is 209 Å². The Bertz CT molecular complexity index is 881. The van der Waals surface area contributed by atoms with E-state index in [1.807, 2.05) is 12.3 Å². The van der Waals surface area contributed by atoms with Gasteiger partial charge in [0.05, 0.1) is 44.4 Å². The summed E-state index contributed by atoms with van der Waals surface area (Å²) in [5, 5.41) is 6.97. The number of ether oxygens (including phenoxy) is 3. The van der Waals surface area contributed by atoms with Crippen LogP contribution in [0.25, 0.3) is 0 Å². The van der Waals surface area contributed by atoms with Crippen molar-refractivity contribution in [3.8, 4) is 11.5 Å². The van der Waals surface area contributed by atoms with Crippen LogP contribution in [0.4, 0.5) is 5.69 Å². The molecule has 184 valence electrons. The number of anilines is 1. The molecule has 2 unspecified atom stereocenters. The lowest BCUT2D eigenvalue weighted by Gasteiger charge is -2.38. The fraction of sp³-hybridized carbons (Fsp3) is 0.542. The molecule has 1 aromatic carbocycles. The smallest absolute Gasteiger partial charge is 0.161 e. The first-order chi connectivity index (χ1) is 15.2. The fourth-order valence-electron chi connectivity index (χ4n) is 4.70. The van der Waals surface area contributed by atoms with Gasteiger partial charge in [-0.2, -0.15) is 0 Å². The summed E-state index contributed by atoms with van der Waals surface area (Å²) in [5.41, 5.74) is 4.69. The highest BCUT2D eigenvalue weighted by atomic mass is 35.5. The van der Waals surface area contributed by atoms with E-state index in [1.165, 1.54) is 11.1 Å². The van der Waals surface area contributed by atoms with E-state index in [0.717, 1.165) is 68.4 Å². The van der Waals surface area contributed by atoms with Crippen molar-refractivity contribution < 1.29 is 14.2 Å². The van der Waals surface area contributed by atoms with Crippen molar-refractivity contribution in [2.24, 2.45) is 0 Å². The fourth-order valence-corrected chi connectivity index (χ4v) is 4.70. The van der Waals surface area contributed by atoms with Gasteiger partial charge in [0.1, 0.15) is 0 Å². The first-order valence-corrected chi connectivity index (χ1v) is 11.2. The largest absolute Gasteiger partial charge is 0.493 e. The highest BCUT2D eigenvalue weighted by molar-refractivity contribution is 5.85. The number of hydrogen-bond donors (Lipinski definition) is 2. The van der Waals surface area contributed by atoms with E-state index in [4.69, 9.17) is 19.2 Å². The number of benzene rings is 1. The number of hydrogen-bond acceptors (Lipinski definition) is 7. The predicted molar refractivity (Wildman–Crippen MR) is 137 cm³/mol. The van der Waals surface area contributed by atoms with Gasteiger partial charge in [-0.1, -0.05) is 0 Å². The summed E-state index contributed by atoms with van der Waals surface area (Å²) in [6.07, 6.45) is 3.61. The highest BCUT2D eigenvalue weighted by Crippen LogP contribution is 2.42. The molecule has 2 aromatic rings. The molecule has 0 spiro atoms. The molecule has 33 heavy (non-hydrogen) atoms. The van der Waals surface area contributed by atoms with E-state index < -0.39 is 0 Å².